The van der Waals surface area contributed by atoms with E-state index >= 15 is 0 Å². The minimum atomic E-state index is -0.000590. The lowest BCUT2D eigenvalue weighted by Gasteiger charge is -2.48. The molecule has 7 aromatic rings. The van der Waals surface area contributed by atoms with Gasteiger partial charge < -0.3 is 9.97 Å². The van der Waals surface area contributed by atoms with E-state index in [2.05, 4.69) is 190 Å². The molecule has 8 atom stereocenters. The largest absolute Gasteiger partial charge is 0.325 e. The third kappa shape index (κ3) is 6.10. The molecule has 2 N–H and O–H groups in total. The van der Waals surface area contributed by atoms with Gasteiger partial charge in [-0.05, 0) is 113 Å². The maximum atomic E-state index is 5.47. The van der Waals surface area contributed by atoms with Crippen LogP contribution in [0.5, 0.6) is 0 Å². The Labute approximate surface area is 400 Å². The van der Waals surface area contributed by atoms with E-state index in [-0.39, 0.29) is 69.0 Å². The molecule has 0 saturated carbocycles. The zero-order valence-corrected chi connectivity index (χ0v) is 41.5. The summed E-state index contributed by atoms with van der Waals surface area (Å²) in [7, 11) is 0. The summed E-state index contributed by atoms with van der Waals surface area (Å²) in [5, 5.41) is 0. The van der Waals surface area contributed by atoms with Crippen LogP contribution in [0.3, 0.4) is 0 Å². The molecule has 2 aliphatic heterocycles. The minimum absolute atomic E-state index is 0.000590. The number of nitrogens with zero attached hydrogens (tertiary/aromatic N) is 6. The molecule has 15 rings (SSSR count). The molecule has 5 heterocycles. The van der Waals surface area contributed by atoms with Gasteiger partial charge in [0, 0.05) is 47.3 Å². The summed E-state index contributed by atoms with van der Waals surface area (Å²) in [6, 6.07) is 37.2. The van der Waals surface area contributed by atoms with Crippen molar-refractivity contribution in [1.29, 1.82) is 0 Å². The molecule has 6 aliphatic carbocycles. The summed E-state index contributed by atoms with van der Waals surface area (Å²) in [6.07, 6.45) is 0. The Balaban J connectivity index is 1.03. The Bertz CT molecular complexity index is 3020. The van der Waals surface area contributed by atoms with Crippen LogP contribution in [0.15, 0.2) is 97.1 Å². The summed E-state index contributed by atoms with van der Waals surface area (Å²) >= 11 is 0. The standard InChI is InChI=1S/C60H62N8/c1-57(2,3)29-13-17-33-37(25-29)45-34-18-14-30(58(4,5)6)26-38(34)46(33)50-49(45)53-63-41-21-22-43(61-41)65-55-51-47-35-19-15-32(60(10,11)12)28-40(35)48(36-20-16-31(27-39(36)47)59(7,8)9)52(51)56(68-55)66-44-24-23-42(62-44)64-54(50)67-53/h13-28,45-52H,1-12H3,(H2,61,62,63,64,65,66,67,68)/t45?,46?,47?,48?,49-,50+,51-,52+. The van der Waals surface area contributed by atoms with Gasteiger partial charge in [-0.2, -0.15) is 0 Å². The summed E-state index contributed by atoms with van der Waals surface area (Å²) in [6.45, 7) is 27.7. The molecule has 0 spiro atoms. The maximum Gasteiger partial charge on any atom is 0.137 e. The van der Waals surface area contributed by atoms with E-state index < -0.39 is 0 Å². The van der Waals surface area contributed by atoms with Gasteiger partial charge in [-0.1, -0.05) is 156 Å². The number of H-pyrrole nitrogens is 2. The Morgan fingerprint density at radius 1 is 0.279 bits per heavy atom. The van der Waals surface area contributed by atoms with E-state index in [0.29, 0.717) is 0 Å². The molecule has 68 heavy (non-hydrogen) atoms. The fourth-order valence-electron chi connectivity index (χ4n) is 13.1. The summed E-state index contributed by atoms with van der Waals surface area (Å²) in [4.78, 5) is 40.0. The summed E-state index contributed by atoms with van der Waals surface area (Å²) in [5.74, 6) is 3.54. The number of hydrogen-bond donors (Lipinski definition) is 2. The first kappa shape index (κ1) is 41.9. The number of nitrogens with one attached hydrogen (secondary N) is 2. The van der Waals surface area contributed by atoms with Crippen LogP contribution in [0, 0.1) is 0 Å². The topological polar surface area (TPSA) is 109 Å². The molecule has 3 aromatic heterocycles. The first-order valence-electron chi connectivity index (χ1n) is 24.9. The highest BCUT2D eigenvalue weighted by atomic mass is 15.1. The Kier molecular flexibility index (Phi) is 8.44. The number of benzene rings is 4. The lowest BCUT2D eigenvalue weighted by atomic mass is 9.54. The zero-order valence-electron chi connectivity index (χ0n) is 41.5. The monoisotopic (exact) mass is 895 g/mol. The highest BCUT2D eigenvalue weighted by Crippen LogP contribution is 2.67. The first-order valence-corrected chi connectivity index (χ1v) is 24.9. The molecule has 4 unspecified atom stereocenters. The third-order valence-electron chi connectivity index (χ3n) is 16.6. The maximum absolute atomic E-state index is 5.47. The van der Waals surface area contributed by atoms with E-state index in [0.717, 1.165) is 45.9 Å². The van der Waals surface area contributed by atoms with Crippen molar-refractivity contribution in [3.8, 4) is 0 Å². The van der Waals surface area contributed by atoms with E-state index in [1.165, 1.54) is 66.8 Å². The van der Waals surface area contributed by atoms with Crippen molar-refractivity contribution < 1.29 is 0 Å². The van der Waals surface area contributed by atoms with E-state index in [9.17, 15) is 0 Å². The van der Waals surface area contributed by atoms with Gasteiger partial charge in [-0.3, -0.25) is 0 Å². The molecule has 8 nitrogen and oxygen atoms in total. The summed E-state index contributed by atoms with van der Waals surface area (Å²) < 4.78 is 0. The van der Waals surface area contributed by atoms with Gasteiger partial charge >= 0.3 is 0 Å². The van der Waals surface area contributed by atoms with Crippen LogP contribution in [0.25, 0.3) is 22.6 Å². The second-order valence-electron chi connectivity index (χ2n) is 24.9. The van der Waals surface area contributed by atoms with Gasteiger partial charge in [-0.25, -0.2) is 29.9 Å². The van der Waals surface area contributed by atoms with Crippen LogP contribution >= 0.6 is 0 Å². The Morgan fingerprint density at radius 2 is 0.500 bits per heavy atom. The second-order valence-corrected chi connectivity index (χ2v) is 24.9. The van der Waals surface area contributed by atoms with Gasteiger partial charge in [-0.15, -0.1) is 0 Å². The number of rotatable bonds is 0. The number of aromatic nitrogens is 8. The minimum Gasteiger partial charge on any atom is -0.325 e. The van der Waals surface area contributed by atoms with Crippen molar-refractivity contribution in [3.05, 3.63) is 187 Å². The van der Waals surface area contributed by atoms with Gasteiger partial charge in [0.2, 0.25) is 0 Å². The first-order chi connectivity index (χ1) is 32.2. The van der Waals surface area contributed by atoms with Crippen LogP contribution in [-0.2, 0) is 21.7 Å². The quantitative estimate of drug-likeness (QED) is 0.157. The molecule has 0 fully saturated rings. The van der Waals surface area contributed by atoms with E-state index in [1.807, 2.05) is 0 Å². The fraction of sp³-hybridized carbons (Fsp3) is 0.400. The smallest absolute Gasteiger partial charge is 0.137 e. The molecule has 8 aliphatic rings. The van der Waals surface area contributed by atoms with Crippen molar-refractivity contribution in [1.82, 2.24) is 39.9 Å². The molecule has 0 saturated heterocycles. The fourth-order valence-corrected chi connectivity index (χ4v) is 13.1. The van der Waals surface area contributed by atoms with Gasteiger partial charge in [0.1, 0.15) is 45.9 Å². The normalized spacial score (nSPS) is 24.2. The molecule has 4 aromatic carbocycles. The number of hydrogen-bond acceptors (Lipinski definition) is 6. The van der Waals surface area contributed by atoms with Crippen molar-refractivity contribution in [2.24, 2.45) is 0 Å². The molecule has 0 amide bonds. The van der Waals surface area contributed by atoms with Crippen molar-refractivity contribution in [2.45, 2.75) is 152 Å². The van der Waals surface area contributed by atoms with Gasteiger partial charge in [0.25, 0.3) is 0 Å². The van der Waals surface area contributed by atoms with Crippen LogP contribution in [0.2, 0.25) is 0 Å². The van der Waals surface area contributed by atoms with Crippen molar-refractivity contribution >= 4 is 22.6 Å². The van der Waals surface area contributed by atoms with Crippen LogP contribution < -0.4 is 0 Å². The molecule has 342 valence electrons. The Morgan fingerprint density at radius 3 is 0.706 bits per heavy atom. The summed E-state index contributed by atoms with van der Waals surface area (Å²) in [5.41, 5.74) is 19.5. The highest BCUT2D eigenvalue weighted by Gasteiger charge is 2.57. The SMILES string of the molecule is CC(C)(C)c1ccc2c(c1)C1c3ccc(C(C)(C)C)cc3C2[C@@H]2c3nc(nc4ccc(nc5nc(nc6ccc(n3)[nH]6)[C@H]3C6c7ccc(C(C)(C)C)cc7C(c7ccc(C(C)(C)C)cc76)[C@@H]53)[nH]4)[C@H]12. The lowest BCUT2D eigenvalue weighted by Crippen LogP contribution is -2.36. The predicted molar refractivity (Wildman–Crippen MR) is 271 cm³/mol. The van der Waals surface area contributed by atoms with E-state index in [4.69, 9.17) is 29.9 Å². The lowest BCUT2D eigenvalue weighted by molar-refractivity contribution is 0.389. The molecule has 12 bridgehead atoms. The average molecular weight is 895 g/mol. The van der Waals surface area contributed by atoms with Gasteiger partial charge in [0.15, 0.2) is 0 Å². The van der Waals surface area contributed by atoms with Crippen LogP contribution in [0.1, 0.15) is 220 Å². The highest BCUT2D eigenvalue weighted by molar-refractivity contribution is 5.66. The Hall–Kier alpha value is -6.28. The second kappa shape index (κ2) is 13.7. The van der Waals surface area contributed by atoms with Crippen molar-refractivity contribution in [2.75, 3.05) is 0 Å². The van der Waals surface area contributed by atoms with Crippen molar-refractivity contribution in [3.63, 3.8) is 0 Å². The number of fused-ring (bicyclic) bond motifs is 8. The van der Waals surface area contributed by atoms with Gasteiger partial charge in [0.05, 0.1) is 0 Å². The zero-order chi connectivity index (χ0) is 47.1. The van der Waals surface area contributed by atoms with Crippen LogP contribution in [-0.4, -0.2) is 39.9 Å². The number of aromatic amines is 2. The third-order valence-corrected chi connectivity index (χ3v) is 16.6. The molecular weight excluding hydrogens is 833 g/mol. The van der Waals surface area contributed by atoms with Crippen LogP contribution in [0.4, 0.5) is 0 Å². The average Bonchev–Trinajstić information content (AvgIpc) is 4.08. The molecule has 0 radical (unpaired) electrons. The predicted octanol–water partition coefficient (Wildman–Crippen LogP) is 13.4. The molecule has 8 heteroatoms. The molecular formula is C60H62N8. The van der Waals surface area contributed by atoms with E-state index in [1.54, 1.807) is 0 Å².